The molecular formula is C29H38BClN4O4. The normalized spacial score (nSPS) is 28.3. The van der Waals surface area contributed by atoms with Crippen LogP contribution in [0.15, 0.2) is 42.9 Å². The predicted molar refractivity (Wildman–Crippen MR) is 150 cm³/mol. The van der Waals surface area contributed by atoms with Gasteiger partial charge in [0, 0.05) is 17.4 Å². The van der Waals surface area contributed by atoms with Crippen LogP contribution in [0.2, 0.25) is 5.02 Å². The highest BCUT2D eigenvalue weighted by Crippen LogP contribution is 2.65. The first-order valence-corrected chi connectivity index (χ1v) is 14.3. The number of benzene rings is 1. The van der Waals surface area contributed by atoms with Gasteiger partial charge in [-0.2, -0.15) is 0 Å². The van der Waals surface area contributed by atoms with Crippen LogP contribution in [-0.2, 0) is 14.1 Å². The fourth-order valence-electron chi connectivity index (χ4n) is 6.86. The molecule has 4 aliphatic rings. The Bertz CT molecular complexity index is 1200. The molecule has 1 aromatic heterocycles. The SMILES string of the molecule is CC(C)C[C@H](NC(=O)CC(NC(=O)c1cnccn1)c1ccc(Cl)cc1)B1O[C@@H]2C[C@H]3C[C@H](C3(C)C)[C@]2(C)O1. The van der Waals surface area contributed by atoms with Gasteiger partial charge < -0.3 is 19.9 Å². The van der Waals surface area contributed by atoms with E-state index in [-0.39, 0.29) is 41.1 Å². The van der Waals surface area contributed by atoms with Crippen LogP contribution in [0.3, 0.4) is 0 Å². The topological polar surface area (TPSA) is 102 Å². The number of aromatic nitrogens is 2. The number of hydrogen-bond acceptors (Lipinski definition) is 6. The molecule has 39 heavy (non-hydrogen) atoms. The molecule has 0 radical (unpaired) electrons. The van der Waals surface area contributed by atoms with Gasteiger partial charge in [0.15, 0.2) is 0 Å². The molecule has 3 aliphatic carbocycles. The largest absolute Gasteiger partial charge is 0.481 e. The molecule has 6 rings (SSSR count). The zero-order chi connectivity index (χ0) is 27.9. The summed E-state index contributed by atoms with van der Waals surface area (Å²) in [5.41, 5.74) is 0.841. The van der Waals surface area contributed by atoms with Gasteiger partial charge in [-0.15, -0.1) is 0 Å². The number of rotatable bonds is 9. The third-order valence-electron chi connectivity index (χ3n) is 9.13. The number of carbonyl (C=O) groups excluding carboxylic acids is 2. The summed E-state index contributed by atoms with van der Waals surface area (Å²) in [6, 6.07) is 6.52. The molecule has 1 aromatic carbocycles. The van der Waals surface area contributed by atoms with E-state index in [1.165, 1.54) is 25.0 Å². The van der Waals surface area contributed by atoms with Crippen LogP contribution >= 0.6 is 11.6 Å². The summed E-state index contributed by atoms with van der Waals surface area (Å²) >= 11 is 6.09. The van der Waals surface area contributed by atoms with E-state index in [0.717, 1.165) is 12.0 Å². The number of amides is 2. The Labute approximate surface area is 236 Å². The van der Waals surface area contributed by atoms with E-state index < -0.39 is 19.1 Å². The van der Waals surface area contributed by atoms with E-state index in [1.807, 2.05) is 12.1 Å². The van der Waals surface area contributed by atoms with Crippen molar-refractivity contribution >= 4 is 30.5 Å². The Morgan fingerprint density at radius 3 is 2.51 bits per heavy atom. The number of nitrogens with zero attached hydrogens (tertiary/aromatic N) is 2. The second-order valence-corrected chi connectivity index (χ2v) is 12.9. The fourth-order valence-corrected chi connectivity index (χ4v) is 6.99. The van der Waals surface area contributed by atoms with Gasteiger partial charge in [-0.3, -0.25) is 14.6 Å². The van der Waals surface area contributed by atoms with Crippen molar-refractivity contribution in [2.24, 2.45) is 23.2 Å². The minimum Gasteiger partial charge on any atom is -0.404 e. The zero-order valence-electron chi connectivity index (χ0n) is 23.3. The van der Waals surface area contributed by atoms with Crippen molar-refractivity contribution in [2.45, 2.75) is 84.0 Å². The summed E-state index contributed by atoms with van der Waals surface area (Å²) < 4.78 is 13.2. The summed E-state index contributed by atoms with van der Waals surface area (Å²) in [5, 5.41) is 6.71. The van der Waals surface area contributed by atoms with Crippen LogP contribution in [0, 0.1) is 23.2 Å². The fraction of sp³-hybridized carbons (Fsp3) is 0.586. The van der Waals surface area contributed by atoms with Crippen molar-refractivity contribution in [3.8, 4) is 0 Å². The molecule has 2 aromatic rings. The van der Waals surface area contributed by atoms with Gasteiger partial charge in [0.05, 0.1) is 36.3 Å². The summed E-state index contributed by atoms with van der Waals surface area (Å²) in [5.74, 6) is 0.514. The molecule has 0 spiro atoms. The lowest BCUT2D eigenvalue weighted by Gasteiger charge is -2.64. The minimum atomic E-state index is -0.588. The molecule has 8 nitrogen and oxygen atoms in total. The third-order valence-corrected chi connectivity index (χ3v) is 9.38. The second kappa shape index (κ2) is 10.8. The van der Waals surface area contributed by atoms with E-state index in [4.69, 9.17) is 20.9 Å². The maximum Gasteiger partial charge on any atom is 0.481 e. The van der Waals surface area contributed by atoms with Gasteiger partial charge in [0.1, 0.15) is 5.69 Å². The van der Waals surface area contributed by atoms with Crippen LogP contribution in [0.5, 0.6) is 0 Å². The summed E-state index contributed by atoms with van der Waals surface area (Å²) in [6.45, 7) is 11.1. The Hall–Kier alpha value is -2.49. The maximum absolute atomic E-state index is 13.5. The zero-order valence-corrected chi connectivity index (χ0v) is 24.1. The van der Waals surface area contributed by atoms with E-state index in [2.05, 4.69) is 55.2 Å². The Balaban J connectivity index is 1.30. The van der Waals surface area contributed by atoms with Crippen LogP contribution in [-0.4, -0.2) is 46.5 Å². The molecule has 2 N–H and O–H groups in total. The lowest BCUT2D eigenvalue weighted by atomic mass is 9.43. The third kappa shape index (κ3) is 5.58. The number of carbonyl (C=O) groups is 2. The van der Waals surface area contributed by atoms with E-state index >= 15 is 0 Å². The first kappa shape index (κ1) is 28.1. The smallest absolute Gasteiger partial charge is 0.404 e. The lowest BCUT2D eigenvalue weighted by Crippen LogP contribution is -2.65. The molecule has 2 heterocycles. The van der Waals surface area contributed by atoms with Gasteiger partial charge in [-0.1, -0.05) is 51.4 Å². The highest BCUT2D eigenvalue weighted by Gasteiger charge is 2.68. The van der Waals surface area contributed by atoms with Crippen LogP contribution in [0.4, 0.5) is 0 Å². The first-order valence-electron chi connectivity index (χ1n) is 13.9. The van der Waals surface area contributed by atoms with Gasteiger partial charge >= 0.3 is 7.12 Å². The van der Waals surface area contributed by atoms with Crippen molar-refractivity contribution in [3.63, 3.8) is 0 Å². The van der Waals surface area contributed by atoms with Crippen molar-refractivity contribution in [3.05, 3.63) is 59.1 Å². The van der Waals surface area contributed by atoms with Gasteiger partial charge in [0.25, 0.3) is 5.91 Å². The number of hydrogen-bond donors (Lipinski definition) is 2. The van der Waals surface area contributed by atoms with Crippen LogP contribution in [0.1, 0.15) is 82.4 Å². The highest BCUT2D eigenvalue weighted by molar-refractivity contribution is 6.47. The second-order valence-electron chi connectivity index (χ2n) is 12.5. The lowest BCUT2D eigenvalue weighted by molar-refractivity contribution is -0.199. The Morgan fingerprint density at radius 1 is 1.13 bits per heavy atom. The van der Waals surface area contributed by atoms with E-state index in [1.54, 1.807) is 12.1 Å². The minimum absolute atomic E-state index is 0.0351. The Morgan fingerprint density at radius 2 is 1.87 bits per heavy atom. The summed E-state index contributed by atoms with van der Waals surface area (Å²) in [7, 11) is -0.510. The molecule has 10 heteroatoms. The summed E-state index contributed by atoms with van der Waals surface area (Å²) in [4.78, 5) is 34.5. The Kier molecular flexibility index (Phi) is 7.79. The van der Waals surface area contributed by atoms with Gasteiger partial charge in [-0.25, -0.2) is 4.98 Å². The van der Waals surface area contributed by atoms with E-state index in [9.17, 15) is 9.59 Å². The number of nitrogens with one attached hydrogen (secondary N) is 2. The molecule has 208 valence electrons. The molecule has 6 atom stereocenters. The van der Waals surface area contributed by atoms with Crippen molar-refractivity contribution in [1.29, 1.82) is 0 Å². The quantitative estimate of drug-likeness (QED) is 0.434. The molecule has 4 fully saturated rings. The van der Waals surface area contributed by atoms with Gasteiger partial charge in [0.2, 0.25) is 5.91 Å². The average molecular weight is 553 g/mol. The molecule has 1 saturated heterocycles. The molecule has 3 saturated carbocycles. The molecule has 2 amide bonds. The van der Waals surface area contributed by atoms with Crippen LogP contribution < -0.4 is 10.6 Å². The van der Waals surface area contributed by atoms with Gasteiger partial charge in [-0.05, 0) is 67.1 Å². The molecular weight excluding hydrogens is 515 g/mol. The van der Waals surface area contributed by atoms with Crippen molar-refractivity contribution in [1.82, 2.24) is 20.6 Å². The maximum atomic E-state index is 13.5. The van der Waals surface area contributed by atoms with E-state index in [0.29, 0.717) is 29.2 Å². The highest BCUT2D eigenvalue weighted by atomic mass is 35.5. The predicted octanol–water partition coefficient (Wildman–Crippen LogP) is 4.79. The molecule has 1 aliphatic heterocycles. The number of halogens is 1. The molecule has 2 bridgehead atoms. The monoisotopic (exact) mass is 552 g/mol. The first-order chi connectivity index (χ1) is 18.5. The van der Waals surface area contributed by atoms with Crippen molar-refractivity contribution in [2.75, 3.05) is 0 Å². The van der Waals surface area contributed by atoms with Crippen molar-refractivity contribution < 1.29 is 18.9 Å². The van der Waals surface area contributed by atoms with Crippen LogP contribution in [0.25, 0.3) is 0 Å². The molecule has 1 unspecified atom stereocenters. The average Bonchev–Trinajstić information content (AvgIpc) is 3.26. The summed E-state index contributed by atoms with van der Waals surface area (Å²) in [6.07, 6.45) is 7.32. The standard InChI is InChI=1S/C29H38BClN4O4/c1-17(2)12-25(30-38-24-14-19-13-23(28(19,3)4)29(24,5)39-30)35-26(36)15-21(18-6-8-20(31)9-7-18)34-27(37)22-16-32-10-11-33-22/h6-11,16-17,19,21,23-25H,12-15H2,1-5H3,(H,34,37)(H,35,36)/t19-,21?,23-,24-,25+,29+/m1/s1.